The van der Waals surface area contributed by atoms with Gasteiger partial charge in [-0.05, 0) is 50.8 Å². The lowest BCUT2D eigenvalue weighted by Crippen LogP contribution is -2.41. The fourth-order valence-corrected chi connectivity index (χ4v) is 2.73. The van der Waals surface area contributed by atoms with Crippen molar-refractivity contribution < 1.29 is 0 Å². The Morgan fingerprint density at radius 2 is 1.88 bits per heavy atom. The van der Waals surface area contributed by atoms with E-state index in [1.54, 1.807) is 0 Å². The van der Waals surface area contributed by atoms with Crippen LogP contribution in [0.2, 0.25) is 0 Å². The van der Waals surface area contributed by atoms with Crippen LogP contribution in [0.15, 0.2) is 30.3 Å². The molecule has 2 nitrogen and oxygen atoms in total. The number of rotatable bonds is 4. The van der Waals surface area contributed by atoms with Crippen molar-refractivity contribution in [3.63, 3.8) is 0 Å². The molecule has 1 aromatic rings. The third-order valence-corrected chi connectivity index (χ3v) is 3.62. The first-order chi connectivity index (χ1) is 8.24. The highest BCUT2D eigenvalue weighted by Crippen LogP contribution is 2.21. The summed E-state index contributed by atoms with van der Waals surface area (Å²) in [6.07, 6.45) is 3.89. The first-order valence-electron chi connectivity index (χ1n) is 6.76. The van der Waals surface area contributed by atoms with Crippen LogP contribution in [-0.2, 0) is 6.42 Å². The van der Waals surface area contributed by atoms with E-state index in [9.17, 15) is 0 Å². The maximum atomic E-state index is 5.84. The Morgan fingerprint density at radius 3 is 2.47 bits per heavy atom. The van der Waals surface area contributed by atoms with Gasteiger partial charge in [0, 0.05) is 12.6 Å². The number of likely N-dealkylation sites (tertiary alicyclic amines) is 1. The molecule has 1 aromatic carbocycles. The topological polar surface area (TPSA) is 29.3 Å². The summed E-state index contributed by atoms with van der Waals surface area (Å²) in [4.78, 5) is 2.51. The van der Waals surface area contributed by atoms with E-state index >= 15 is 0 Å². The molecule has 1 fully saturated rings. The summed E-state index contributed by atoms with van der Waals surface area (Å²) in [5.41, 5.74) is 7.32. The van der Waals surface area contributed by atoms with E-state index in [-0.39, 0.29) is 0 Å². The fraction of sp³-hybridized carbons (Fsp3) is 0.600. The van der Waals surface area contributed by atoms with Gasteiger partial charge >= 0.3 is 0 Å². The lowest BCUT2D eigenvalue weighted by atomic mass is 9.90. The highest BCUT2D eigenvalue weighted by Gasteiger charge is 2.19. The Balaban J connectivity index is 1.76. The van der Waals surface area contributed by atoms with Crippen LogP contribution >= 0.6 is 0 Å². The maximum Gasteiger partial charge on any atom is 0.0139 e. The second-order valence-electron chi connectivity index (χ2n) is 5.41. The highest BCUT2D eigenvalue weighted by atomic mass is 15.1. The molecule has 0 saturated carbocycles. The molecule has 0 bridgehead atoms. The number of hydrogen-bond donors (Lipinski definition) is 1. The number of hydrogen-bond acceptors (Lipinski definition) is 2. The summed E-state index contributed by atoms with van der Waals surface area (Å²) in [5, 5.41) is 0. The second-order valence-corrected chi connectivity index (χ2v) is 5.41. The van der Waals surface area contributed by atoms with Gasteiger partial charge in [0.25, 0.3) is 0 Å². The standard InChI is InChI=1S/C15H24N2/c1-13(16)12-17-9-7-15(8-10-17)11-14-5-3-2-4-6-14/h2-6,13,15H,7-12,16H2,1H3/t13-/m1/s1. The van der Waals surface area contributed by atoms with Crippen molar-refractivity contribution in [1.29, 1.82) is 0 Å². The van der Waals surface area contributed by atoms with Crippen LogP contribution in [0.25, 0.3) is 0 Å². The highest BCUT2D eigenvalue weighted by molar-refractivity contribution is 5.15. The molecule has 0 unspecified atom stereocenters. The molecule has 0 aliphatic carbocycles. The zero-order valence-corrected chi connectivity index (χ0v) is 10.8. The number of benzene rings is 1. The van der Waals surface area contributed by atoms with Gasteiger partial charge in [0.15, 0.2) is 0 Å². The van der Waals surface area contributed by atoms with Gasteiger partial charge in [-0.15, -0.1) is 0 Å². The molecule has 2 N–H and O–H groups in total. The normalized spacial score (nSPS) is 20.4. The van der Waals surface area contributed by atoms with E-state index in [0.717, 1.165) is 12.5 Å². The minimum Gasteiger partial charge on any atom is -0.327 e. The van der Waals surface area contributed by atoms with Gasteiger partial charge in [0.05, 0.1) is 0 Å². The van der Waals surface area contributed by atoms with Crippen molar-refractivity contribution in [3.8, 4) is 0 Å². The molecular weight excluding hydrogens is 208 g/mol. The molecule has 0 spiro atoms. The number of piperidine rings is 1. The molecule has 1 atom stereocenters. The van der Waals surface area contributed by atoms with Crippen molar-refractivity contribution in [2.24, 2.45) is 11.7 Å². The van der Waals surface area contributed by atoms with Crippen molar-refractivity contribution in [2.75, 3.05) is 19.6 Å². The molecule has 2 heteroatoms. The third-order valence-electron chi connectivity index (χ3n) is 3.62. The summed E-state index contributed by atoms with van der Waals surface area (Å²) >= 11 is 0. The average Bonchev–Trinajstić information content (AvgIpc) is 2.32. The second kappa shape index (κ2) is 6.18. The SMILES string of the molecule is C[C@@H](N)CN1CCC(Cc2ccccc2)CC1. The van der Waals surface area contributed by atoms with Crippen LogP contribution in [0, 0.1) is 5.92 Å². The maximum absolute atomic E-state index is 5.84. The summed E-state index contributed by atoms with van der Waals surface area (Å²) in [6.45, 7) is 5.59. The zero-order chi connectivity index (χ0) is 12.1. The first-order valence-corrected chi connectivity index (χ1v) is 6.76. The van der Waals surface area contributed by atoms with Crippen LogP contribution in [0.3, 0.4) is 0 Å². The molecule has 0 radical (unpaired) electrons. The van der Waals surface area contributed by atoms with Gasteiger partial charge < -0.3 is 10.6 Å². The summed E-state index contributed by atoms with van der Waals surface area (Å²) in [7, 11) is 0. The molecule has 2 rings (SSSR count). The van der Waals surface area contributed by atoms with Gasteiger partial charge in [-0.2, -0.15) is 0 Å². The van der Waals surface area contributed by atoms with Crippen LogP contribution in [0.1, 0.15) is 25.3 Å². The van der Waals surface area contributed by atoms with Gasteiger partial charge in [-0.3, -0.25) is 0 Å². The Hall–Kier alpha value is -0.860. The van der Waals surface area contributed by atoms with Gasteiger partial charge in [-0.25, -0.2) is 0 Å². The first kappa shape index (κ1) is 12.6. The zero-order valence-electron chi connectivity index (χ0n) is 10.8. The summed E-state index contributed by atoms with van der Waals surface area (Å²) in [6, 6.07) is 11.2. The average molecular weight is 232 g/mol. The Kier molecular flexibility index (Phi) is 4.57. The molecule has 17 heavy (non-hydrogen) atoms. The van der Waals surface area contributed by atoms with Gasteiger partial charge in [0.1, 0.15) is 0 Å². The van der Waals surface area contributed by atoms with E-state index in [2.05, 4.69) is 42.2 Å². The van der Waals surface area contributed by atoms with Crippen molar-refractivity contribution in [1.82, 2.24) is 4.90 Å². The van der Waals surface area contributed by atoms with Crippen molar-refractivity contribution >= 4 is 0 Å². The van der Waals surface area contributed by atoms with Crippen LogP contribution < -0.4 is 5.73 Å². The number of nitrogens with two attached hydrogens (primary N) is 1. The molecule has 1 saturated heterocycles. The quantitative estimate of drug-likeness (QED) is 0.863. The lowest BCUT2D eigenvalue weighted by Gasteiger charge is -2.32. The van der Waals surface area contributed by atoms with Crippen molar-refractivity contribution in [3.05, 3.63) is 35.9 Å². The molecule has 1 aliphatic heterocycles. The van der Waals surface area contributed by atoms with Crippen molar-refractivity contribution in [2.45, 2.75) is 32.2 Å². The van der Waals surface area contributed by atoms with Gasteiger partial charge in [0.2, 0.25) is 0 Å². The molecule has 1 aliphatic rings. The molecule has 0 aromatic heterocycles. The molecule has 94 valence electrons. The predicted octanol–water partition coefficient (Wildman–Crippen LogP) is 2.29. The summed E-state index contributed by atoms with van der Waals surface area (Å²) < 4.78 is 0. The van der Waals surface area contributed by atoms with E-state index < -0.39 is 0 Å². The largest absolute Gasteiger partial charge is 0.327 e. The Labute approximate surface area is 105 Å². The Morgan fingerprint density at radius 1 is 1.24 bits per heavy atom. The lowest BCUT2D eigenvalue weighted by molar-refractivity contribution is 0.177. The summed E-state index contributed by atoms with van der Waals surface area (Å²) in [5.74, 6) is 0.863. The Bertz CT molecular complexity index is 313. The van der Waals surface area contributed by atoms with Crippen LogP contribution in [0.5, 0.6) is 0 Å². The third kappa shape index (κ3) is 4.14. The fourth-order valence-electron chi connectivity index (χ4n) is 2.73. The van der Waals surface area contributed by atoms with E-state index in [4.69, 9.17) is 5.73 Å². The molecular formula is C15H24N2. The van der Waals surface area contributed by atoms with Gasteiger partial charge in [-0.1, -0.05) is 30.3 Å². The molecule has 0 amide bonds. The molecule has 1 heterocycles. The van der Waals surface area contributed by atoms with E-state index in [1.165, 1.54) is 37.9 Å². The van der Waals surface area contributed by atoms with E-state index in [1.807, 2.05) is 0 Å². The predicted molar refractivity (Wildman–Crippen MR) is 73.0 cm³/mol. The number of nitrogens with zero attached hydrogens (tertiary/aromatic N) is 1. The minimum absolute atomic E-state index is 0.306. The van der Waals surface area contributed by atoms with E-state index in [0.29, 0.717) is 6.04 Å². The van der Waals surface area contributed by atoms with Crippen LogP contribution in [0.4, 0.5) is 0 Å². The minimum atomic E-state index is 0.306. The smallest absolute Gasteiger partial charge is 0.0139 e. The van der Waals surface area contributed by atoms with Crippen LogP contribution in [-0.4, -0.2) is 30.6 Å². The monoisotopic (exact) mass is 232 g/mol.